The molecule has 0 aliphatic carbocycles. The lowest BCUT2D eigenvalue weighted by atomic mass is 10.2. The Morgan fingerprint density at radius 2 is 1.73 bits per heavy atom. The first-order valence-electron chi connectivity index (χ1n) is 6.93. The van der Waals surface area contributed by atoms with Crippen LogP contribution in [0.25, 0.3) is 5.69 Å². The zero-order chi connectivity index (χ0) is 19.0. The summed E-state index contributed by atoms with van der Waals surface area (Å²) in [7, 11) is 0. The second-order valence-electron chi connectivity index (χ2n) is 5.01. The van der Waals surface area contributed by atoms with Crippen LogP contribution in [0.5, 0.6) is 11.8 Å². The van der Waals surface area contributed by atoms with E-state index in [1.165, 1.54) is 36.4 Å². The molecule has 134 valence electrons. The second kappa shape index (κ2) is 6.46. The highest BCUT2D eigenvalue weighted by Gasteiger charge is 2.37. The Kier molecular flexibility index (Phi) is 4.32. The van der Waals surface area contributed by atoms with Crippen molar-refractivity contribution < 1.29 is 38.2 Å². The van der Waals surface area contributed by atoms with E-state index in [0.717, 1.165) is 4.57 Å². The molecule has 10 nitrogen and oxygen atoms in total. The summed E-state index contributed by atoms with van der Waals surface area (Å²) in [5.74, 6) is -3.95. The number of rotatable bonds is 4. The van der Waals surface area contributed by atoms with Crippen LogP contribution in [0.3, 0.4) is 0 Å². The summed E-state index contributed by atoms with van der Waals surface area (Å²) >= 11 is -2.70. The van der Waals surface area contributed by atoms with Crippen molar-refractivity contribution in [3.63, 3.8) is 0 Å². The minimum absolute atomic E-state index is 0.0725. The van der Waals surface area contributed by atoms with Gasteiger partial charge in [0.1, 0.15) is 4.91 Å². The van der Waals surface area contributed by atoms with Gasteiger partial charge in [-0.25, -0.2) is 9.00 Å². The molecule has 11 heteroatoms. The predicted octanol–water partition coefficient (Wildman–Crippen LogP) is 0.435. The third kappa shape index (κ3) is 2.96. The first kappa shape index (κ1) is 17.4. The Labute approximate surface area is 147 Å². The maximum absolute atomic E-state index is 12.2. The van der Waals surface area contributed by atoms with Gasteiger partial charge in [0.25, 0.3) is 5.91 Å². The number of hydroxylamine groups is 2. The van der Waals surface area contributed by atoms with Gasteiger partial charge in [-0.1, -0.05) is 11.1 Å². The fourth-order valence-corrected chi connectivity index (χ4v) is 2.67. The third-order valence-electron chi connectivity index (χ3n) is 3.39. The molecule has 0 fully saturated rings. The number of aromatic nitrogens is 1. The Morgan fingerprint density at radius 3 is 2.31 bits per heavy atom. The number of amides is 2. The molecule has 0 radical (unpaired) electrons. The highest BCUT2D eigenvalue weighted by molar-refractivity contribution is 7.84. The van der Waals surface area contributed by atoms with Gasteiger partial charge < -0.3 is 19.6 Å². The van der Waals surface area contributed by atoms with E-state index in [1.54, 1.807) is 0 Å². The molecular weight excluding hydrogens is 368 g/mol. The van der Waals surface area contributed by atoms with Crippen molar-refractivity contribution in [2.24, 2.45) is 0 Å². The van der Waals surface area contributed by atoms with Crippen LogP contribution < -0.4 is 0 Å². The molecule has 3 N–H and O–H groups in total. The largest absolute Gasteiger partial charge is 0.494 e. The first-order chi connectivity index (χ1) is 12.3. The minimum atomic E-state index is -2.70. The van der Waals surface area contributed by atoms with Crippen LogP contribution in [0, 0.1) is 0 Å². The van der Waals surface area contributed by atoms with E-state index in [9.17, 15) is 28.8 Å². The van der Waals surface area contributed by atoms with Gasteiger partial charge in [-0.15, -0.1) is 0 Å². The Hall–Kier alpha value is -3.44. The summed E-state index contributed by atoms with van der Waals surface area (Å²) < 4.78 is 20.9. The van der Waals surface area contributed by atoms with E-state index in [-0.39, 0.29) is 28.1 Å². The molecule has 2 heterocycles. The Bertz CT molecular complexity index is 974. The molecule has 1 unspecified atom stereocenters. The van der Waals surface area contributed by atoms with E-state index >= 15 is 0 Å². The molecule has 0 saturated heterocycles. The van der Waals surface area contributed by atoms with Crippen molar-refractivity contribution in [1.29, 1.82) is 0 Å². The average molecular weight is 378 g/mol. The lowest BCUT2D eigenvalue weighted by Crippen LogP contribution is -2.34. The van der Waals surface area contributed by atoms with Gasteiger partial charge in [0.2, 0.25) is 0 Å². The molecule has 3 rings (SSSR count). The number of carbonyl (C=O) groups is 3. The SMILES string of the molecule is O=C(ON1C(=O)C=C(S(=O)O)C1=O)c1cccc(-n2c(O)ccc2O)c1. The fraction of sp³-hybridized carbons (Fsp3) is 0. The average Bonchev–Trinajstić information content (AvgIpc) is 3.08. The maximum Gasteiger partial charge on any atom is 0.364 e. The first-order valence-corrected chi connectivity index (χ1v) is 8.03. The van der Waals surface area contributed by atoms with E-state index in [0.29, 0.717) is 6.08 Å². The Balaban J connectivity index is 1.84. The van der Waals surface area contributed by atoms with Gasteiger partial charge >= 0.3 is 11.9 Å². The molecule has 0 bridgehead atoms. The van der Waals surface area contributed by atoms with Crippen molar-refractivity contribution >= 4 is 28.9 Å². The van der Waals surface area contributed by atoms with Crippen LogP contribution in [0.15, 0.2) is 47.4 Å². The van der Waals surface area contributed by atoms with Crippen LogP contribution in [0.4, 0.5) is 0 Å². The topological polar surface area (TPSA) is 146 Å². The Morgan fingerprint density at radius 1 is 1.08 bits per heavy atom. The molecule has 0 spiro atoms. The number of hydrogen-bond donors (Lipinski definition) is 3. The number of nitrogens with zero attached hydrogens (tertiary/aromatic N) is 2. The minimum Gasteiger partial charge on any atom is -0.494 e. The molecule has 1 aromatic heterocycles. The smallest absolute Gasteiger partial charge is 0.364 e. The van der Waals surface area contributed by atoms with Gasteiger partial charge in [-0.2, -0.15) is 0 Å². The number of carbonyl (C=O) groups excluding carboxylic acids is 3. The molecule has 1 aromatic carbocycles. The molecule has 26 heavy (non-hydrogen) atoms. The van der Waals surface area contributed by atoms with E-state index in [2.05, 4.69) is 0 Å². The quantitative estimate of drug-likeness (QED) is 0.513. The number of hydrogen-bond acceptors (Lipinski definition) is 7. The molecule has 1 aliphatic heterocycles. The lowest BCUT2D eigenvalue weighted by Gasteiger charge is -2.14. The zero-order valence-electron chi connectivity index (χ0n) is 12.7. The van der Waals surface area contributed by atoms with Gasteiger partial charge in [0, 0.05) is 18.2 Å². The van der Waals surface area contributed by atoms with E-state index in [1.807, 2.05) is 0 Å². The molecule has 1 aliphatic rings. The van der Waals surface area contributed by atoms with E-state index < -0.39 is 33.8 Å². The number of benzene rings is 1. The van der Waals surface area contributed by atoms with Crippen molar-refractivity contribution in [1.82, 2.24) is 9.63 Å². The number of imide groups is 1. The third-order valence-corrected chi connectivity index (χ3v) is 4.06. The van der Waals surface area contributed by atoms with Gasteiger partial charge in [0.15, 0.2) is 22.8 Å². The number of aromatic hydroxyl groups is 2. The monoisotopic (exact) mass is 378 g/mol. The van der Waals surface area contributed by atoms with Gasteiger partial charge in [0.05, 0.1) is 11.3 Å². The maximum atomic E-state index is 12.2. The van der Waals surface area contributed by atoms with Crippen molar-refractivity contribution in [2.75, 3.05) is 0 Å². The van der Waals surface area contributed by atoms with Crippen molar-refractivity contribution in [2.45, 2.75) is 0 Å². The van der Waals surface area contributed by atoms with Gasteiger partial charge in [-0.05, 0) is 18.2 Å². The summed E-state index contributed by atoms with van der Waals surface area (Å²) in [4.78, 5) is 39.6. The standard InChI is InChI=1S/C15H10N2O8S/c18-11-4-5-12(19)16(11)9-3-1-2-8(6-9)15(22)25-17-13(20)7-10(14(17)21)26(23)24/h1-7,18-19H,(H,23,24). The van der Waals surface area contributed by atoms with Crippen LogP contribution in [-0.2, 0) is 25.5 Å². The summed E-state index contributed by atoms with van der Waals surface area (Å²) in [5.41, 5.74) is 0.114. The molecule has 0 saturated carbocycles. The molecule has 2 amide bonds. The van der Waals surface area contributed by atoms with Crippen molar-refractivity contribution in [3.8, 4) is 17.4 Å². The van der Waals surface area contributed by atoms with Crippen LogP contribution in [0.1, 0.15) is 10.4 Å². The fourth-order valence-electron chi connectivity index (χ4n) is 2.23. The zero-order valence-corrected chi connectivity index (χ0v) is 13.5. The summed E-state index contributed by atoms with van der Waals surface area (Å²) in [6, 6.07) is 7.94. The normalized spacial score (nSPS) is 15.1. The molecule has 1 atom stereocenters. The summed E-state index contributed by atoms with van der Waals surface area (Å²) in [6.07, 6.45) is 0.595. The van der Waals surface area contributed by atoms with Crippen LogP contribution in [0.2, 0.25) is 0 Å². The molecule has 2 aromatic rings. The second-order valence-corrected chi connectivity index (χ2v) is 5.95. The highest BCUT2D eigenvalue weighted by Crippen LogP contribution is 2.27. The summed E-state index contributed by atoms with van der Waals surface area (Å²) in [5, 5.41) is 19.5. The lowest BCUT2D eigenvalue weighted by molar-refractivity contribution is -0.171. The predicted molar refractivity (Wildman–Crippen MR) is 85.2 cm³/mol. The van der Waals surface area contributed by atoms with Crippen molar-refractivity contribution in [3.05, 3.63) is 52.9 Å². The summed E-state index contributed by atoms with van der Waals surface area (Å²) in [6.45, 7) is 0. The van der Waals surface area contributed by atoms with E-state index in [4.69, 9.17) is 9.39 Å². The van der Waals surface area contributed by atoms with Crippen LogP contribution in [-0.4, -0.2) is 46.4 Å². The van der Waals surface area contributed by atoms with Crippen LogP contribution >= 0.6 is 0 Å². The molecular formula is C15H10N2O8S. The highest BCUT2D eigenvalue weighted by atomic mass is 32.2. The van der Waals surface area contributed by atoms with Gasteiger partial charge in [-0.3, -0.25) is 14.2 Å².